The Kier molecular flexibility index (Phi) is 4.77. The number of halogens is 4. The standard InChI is InChI=1S/C15H13F4NS/c1-21-12-5-2-10(3-6-12)9-20-11-4-7-14(16)13(8-11)15(17,18)19/h2-8,20H,9H2,1H3. The minimum Gasteiger partial charge on any atom is -0.381 e. The van der Waals surface area contributed by atoms with E-state index in [0.29, 0.717) is 6.54 Å². The van der Waals surface area contributed by atoms with Crippen molar-refractivity contribution in [3.63, 3.8) is 0 Å². The summed E-state index contributed by atoms with van der Waals surface area (Å²) in [6.07, 6.45) is -2.73. The predicted octanol–water partition coefficient (Wildman–Crippen LogP) is 5.18. The van der Waals surface area contributed by atoms with Gasteiger partial charge in [0.2, 0.25) is 0 Å². The van der Waals surface area contributed by atoms with E-state index in [4.69, 9.17) is 0 Å². The number of hydrogen-bond donors (Lipinski definition) is 1. The first-order chi connectivity index (χ1) is 9.90. The molecule has 21 heavy (non-hydrogen) atoms. The second kappa shape index (κ2) is 6.39. The zero-order valence-electron chi connectivity index (χ0n) is 11.2. The van der Waals surface area contributed by atoms with Gasteiger partial charge in [-0.05, 0) is 42.2 Å². The molecule has 0 aliphatic rings. The summed E-state index contributed by atoms with van der Waals surface area (Å²) in [6.45, 7) is 0.373. The molecule has 0 unspecified atom stereocenters. The molecule has 6 heteroatoms. The Morgan fingerprint density at radius 1 is 1.05 bits per heavy atom. The highest BCUT2D eigenvalue weighted by Gasteiger charge is 2.34. The van der Waals surface area contributed by atoms with Gasteiger partial charge in [-0.15, -0.1) is 11.8 Å². The number of alkyl halides is 3. The van der Waals surface area contributed by atoms with Gasteiger partial charge in [-0.3, -0.25) is 0 Å². The van der Waals surface area contributed by atoms with Crippen LogP contribution in [-0.2, 0) is 12.7 Å². The lowest BCUT2D eigenvalue weighted by Crippen LogP contribution is -2.09. The molecular formula is C15H13F4NS. The molecule has 0 aromatic heterocycles. The van der Waals surface area contributed by atoms with Crippen molar-refractivity contribution >= 4 is 17.4 Å². The number of nitrogens with one attached hydrogen (secondary N) is 1. The Morgan fingerprint density at radius 2 is 1.71 bits per heavy atom. The molecule has 0 amide bonds. The summed E-state index contributed by atoms with van der Waals surface area (Å²) in [7, 11) is 0. The number of benzene rings is 2. The van der Waals surface area contributed by atoms with Crippen molar-refractivity contribution in [3.05, 3.63) is 59.4 Å². The molecule has 0 atom stereocenters. The molecule has 0 saturated heterocycles. The van der Waals surface area contributed by atoms with Crippen molar-refractivity contribution in [2.45, 2.75) is 17.6 Å². The van der Waals surface area contributed by atoms with Gasteiger partial charge in [-0.1, -0.05) is 12.1 Å². The van der Waals surface area contributed by atoms with Gasteiger partial charge in [-0.25, -0.2) is 4.39 Å². The van der Waals surface area contributed by atoms with E-state index >= 15 is 0 Å². The maximum Gasteiger partial charge on any atom is 0.419 e. The molecule has 0 bridgehead atoms. The van der Waals surface area contributed by atoms with Gasteiger partial charge < -0.3 is 5.32 Å². The lowest BCUT2D eigenvalue weighted by Gasteiger charge is -2.12. The Bertz CT molecular complexity index is 608. The van der Waals surface area contributed by atoms with Crippen LogP contribution in [-0.4, -0.2) is 6.26 Å². The Hall–Kier alpha value is -1.69. The molecule has 0 aliphatic carbocycles. The first-order valence-electron chi connectivity index (χ1n) is 6.13. The minimum absolute atomic E-state index is 0.234. The summed E-state index contributed by atoms with van der Waals surface area (Å²) < 4.78 is 51.0. The fourth-order valence-electron chi connectivity index (χ4n) is 1.80. The summed E-state index contributed by atoms with van der Waals surface area (Å²) in [6, 6.07) is 10.6. The molecule has 1 nitrogen and oxygen atoms in total. The van der Waals surface area contributed by atoms with E-state index in [-0.39, 0.29) is 5.69 Å². The maximum absolute atomic E-state index is 13.2. The van der Waals surface area contributed by atoms with Crippen LogP contribution >= 0.6 is 11.8 Å². The fraction of sp³-hybridized carbons (Fsp3) is 0.200. The van der Waals surface area contributed by atoms with Crippen molar-refractivity contribution in [2.75, 3.05) is 11.6 Å². The zero-order chi connectivity index (χ0) is 15.5. The van der Waals surface area contributed by atoms with E-state index < -0.39 is 17.6 Å². The molecule has 0 aliphatic heterocycles. The zero-order valence-corrected chi connectivity index (χ0v) is 12.0. The van der Waals surface area contributed by atoms with Crippen molar-refractivity contribution in [2.24, 2.45) is 0 Å². The van der Waals surface area contributed by atoms with Gasteiger partial charge in [0.1, 0.15) is 5.82 Å². The SMILES string of the molecule is CSc1ccc(CNc2ccc(F)c(C(F)(F)F)c2)cc1. The number of hydrogen-bond acceptors (Lipinski definition) is 2. The van der Waals surface area contributed by atoms with E-state index in [9.17, 15) is 17.6 Å². The molecule has 0 saturated carbocycles. The molecule has 2 rings (SSSR count). The fourth-order valence-corrected chi connectivity index (χ4v) is 2.21. The van der Waals surface area contributed by atoms with Gasteiger partial charge >= 0.3 is 6.18 Å². The molecule has 0 spiro atoms. The molecule has 2 aromatic rings. The monoisotopic (exact) mass is 315 g/mol. The topological polar surface area (TPSA) is 12.0 Å². The van der Waals surface area contributed by atoms with E-state index in [0.717, 1.165) is 22.6 Å². The van der Waals surface area contributed by atoms with Crippen molar-refractivity contribution < 1.29 is 17.6 Å². The lowest BCUT2D eigenvalue weighted by molar-refractivity contribution is -0.139. The smallest absolute Gasteiger partial charge is 0.381 e. The highest BCUT2D eigenvalue weighted by Crippen LogP contribution is 2.33. The molecule has 0 fully saturated rings. The third-order valence-electron chi connectivity index (χ3n) is 2.93. The van der Waals surface area contributed by atoms with Crippen LogP contribution in [0.15, 0.2) is 47.4 Å². The van der Waals surface area contributed by atoms with Crippen LogP contribution in [0, 0.1) is 5.82 Å². The lowest BCUT2D eigenvalue weighted by atomic mass is 10.1. The third kappa shape index (κ3) is 4.14. The summed E-state index contributed by atoms with van der Waals surface area (Å²) in [5.74, 6) is -1.27. The number of rotatable bonds is 4. The Balaban J connectivity index is 2.09. The molecular weight excluding hydrogens is 302 g/mol. The number of thioether (sulfide) groups is 1. The van der Waals surface area contributed by atoms with Gasteiger partial charge in [0, 0.05) is 17.1 Å². The van der Waals surface area contributed by atoms with Gasteiger partial charge in [0.25, 0.3) is 0 Å². The van der Waals surface area contributed by atoms with E-state index in [1.54, 1.807) is 11.8 Å². The quantitative estimate of drug-likeness (QED) is 0.616. The second-order valence-electron chi connectivity index (χ2n) is 4.39. The highest BCUT2D eigenvalue weighted by atomic mass is 32.2. The largest absolute Gasteiger partial charge is 0.419 e. The summed E-state index contributed by atoms with van der Waals surface area (Å²) in [4.78, 5) is 1.11. The Labute approximate surface area is 124 Å². The molecule has 0 heterocycles. The van der Waals surface area contributed by atoms with Crippen LogP contribution in [0.4, 0.5) is 23.2 Å². The highest BCUT2D eigenvalue weighted by molar-refractivity contribution is 7.98. The van der Waals surface area contributed by atoms with Gasteiger partial charge in [0.15, 0.2) is 0 Å². The molecule has 1 N–H and O–H groups in total. The Morgan fingerprint density at radius 3 is 2.29 bits per heavy atom. The van der Waals surface area contributed by atoms with Crippen molar-refractivity contribution in [1.82, 2.24) is 0 Å². The second-order valence-corrected chi connectivity index (χ2v) is 5.27. The molecule has 0 radical (unpaired) electrons. The van der Waals surface area contributed by atoms with E-state index in [1.165, 1.54) is 6.07 Å². The average molecular weight is 315 g/mol. The van der Waals surface area contributed by atoms with Gasteiger partial charge in [0.05, 0.1) is 5.56 Å². The normalized spacial score (nSPS) is 11.5. The predicted molar refractivity (Wildman–Crippen MR) is 77.0 cm³/mol. The van der Waals surface area contributed by atoms with Crippen LogP contribution in [0.25, 0.3) is 0 Å². The van der Waals surface area contributed by atoms with Crippen LogP contribution in [0.5, 0.6) is 0 Å². The summed E-state index contributed by atoms with van der Waals surface area (Å²) in [5.41, 5.74) is -0.0893. The van der Waals surface area contributed by atoms with Crippen LogP contribution in [0.2, 0.25) is 0 Å². The van der Waals surface area contributed by atoms with Gasteiger partial charge in [-0.2, -0.15) is 13.2 Å². The number of anilines is 1. The molecule has 2 aromatic carbocycles. The first-order valence-corrected chi connectivity index (χ1v) is 7.36. The van der Waals surface area contributed by atoms with Crippen molar-refractivity contribution in [1.29, 1.82) is 0 Å². The summed E-state index contributed by atoms with van der Waals surface area (Å²) >= 11 is 1.61. The third-order valence-corrected chi connectivity index (χ3v) is 3.67. The van der Waals surface area contributed by atoms with Crippen LogP contribution < -0.4 is 5.32 Å². The summed E-state index contributed by atoms with van der Waals surface area (Å²) in [5, 5.41) is 2.86. The van der Waals surface area contributed by atoms with Crippen LogP contribution in [0.3, 0.4) is 0 Å². The van der Waals surface area contributed by atoms with Crippen LogP contribution in [0.1, 0.15) is 11.1 Å². The minimum atomic E-state index is -4.69. The molecule has 112 valence electrons. The van der Waals surface area contributed by atoms with Crippen molar-refractivity contribution in [3.8, 4) is 0 Å². The average Bonchev–Trinajstić information content (AvgIpc) is 2.45. The van der Waals surface area contributed by atoms with E-state index in [2.05, 4.69) is 5.32 Å². The maximum atomic E-state index is 13.2. The van der Waals surface area contributed by atoms with E-state index in [1.807, 2.05) is 30.5 Å². The first kappa shape index (κ1) is 15.7.